The van der Waals surface area contributed by atoms with Gasteiger partial charge in [0.2, 0.25) is 0 Å². The molecule has 5 nitrogen and oxygen atoms in total. The molecule has 2 aromatic rings. The van der Waals surface area contributed by atoms with Crippen LogP contribution in [0.2, 0.25) is 5.02 Å². The van der Waals surface area contributed by atoms with Crippen molar-refractivity contribution >= 4 is 40.4 Å². The fourth-order valence-electron chi connectivity index (χ4n) is 1.58. The molecule has 0 aliphatic carbocycles. The van der Waals surface area contributed by atoms with Crippen LogP contribution in [-0.4, -0.2) is 15.5 Å². The van der Waals surface area contributed by atoms with Crippen molar-refractivity contribution < 1.29 is 4.79 Å². The van der Waals surface area contributed by atoms with Crippen molar-refractivity contribution in [2.75, 3.05) is 11.1 Å². The lowest BCUT2D eigenvalue weighted by molar-refractivity contribution is 0.102. The molecule has 1 aromatic heterocycles. The first kappa shape index (κ1) is 13.8. The number of aromatic nitrogens is 2. The summed E-state index contributed by atoms with van der Waals surface area (Å²) >= 11 is 7.07. The number of anilines is 2. The third kappa shape index (κ3) is 2.85. The fraction of sp³-hybridized carbons (Fsp3) is 0.250. The zero-order valence-electron chi connectivity index (χ0n) is 10.5. The predicted octanol–water partition coefficient (Wildman–Crippen LogP) is 3.15. The predicted molar refractivity (Wildman–Crippen MR) is 77.8 cm³/mol. The van der Waals surface area contributed by atoms with E-state index in [0.29, 0.717) is 27.0 Å². The second-order valence-corrected chi connectivity index (χ2v) is 5.46. The van der Waals surface area contributed by atoms with Gasteiger partial charge in [0, 0.05) is 0 Å². The van der Waals surface area contributed by atoms with E-state index in [2.05, 4.69) is 14.9 Å². The minimum Gasteiger partial charge on any atom is -0.397 e. The van der Waals surface area contributed by atoms with Gasteiger partial charge in [-0.1, -0.05) is 36.0 Å². The number of rotatable bonds is 3. The molecule has 2 rings (SSSR count). The van der Waals surface area contributed by atoms with E-state index in [0.717, 1.165) is 11.5 Å². The van der Waals surface area contributed by atoms with Crippen LogP contribution < -0.4 is 11.1 Å². The molecule has 1 heterocycles. The van der Waals surface area contributed by atoms with Crippen molar-refractivity contribution in [3.8, 4) is 0 Å². The minimum atomic E-state index is -0.293. The molecule has 0 fully saturated rings. The van der Waals surface area contributed by atoms with Crippen LogP contribution in [0.5, 0.6) is 0 Å². The van der Waals surface area contributed by atoms with Crippen LogP contribution in [0, 0.1) is 0 Å². The number of nitrogens with zero attached hydrogens (tertiary/aromatic N) is 2. The molecular formula is C12H13ClN4OS. The van der Waals surface area contributed by atoms with Gasteiger partial charge in [0.15, 0.2) is 0 Å². The number of benzene rings is 1. The number of nitrogens with two attached hydrogens (primary N) is 1. The monoisotopic (exact) mass is 296 g/mol. The maximum atomic E-state index is 12.2. The Kier molecular flexibility index (Phi) is 4.01. The SMILES string of the molecule is CC(C)c1nnsc1C(=O)Nc1c(N)cccc1Cl. The molecule has 1 amide bonds. The van der Waals surface area contributed by atoms with Crippen LogP contribution in [0.25, 0.3) is 0 Å². The van der Waals surface area contributed by atoms with Crippen LogP contribution in [0.3, 0.4) is 0 Å². The molecule has 0 bridgehead atoms. The Balaban J connectivity index is 2.29. The number of carbonyl (C=O) groups excluding carboxylic acids is 1. The number of carbonyl (C=O) groups is 1. The number of amides is 1. The molecule has 0 saturated carbocycles. The normalized spacial score (nSPS) is 10.7. The van der Waals surface area contributed by atoms with Gasteiger partial charge in [-0.3, -0.25) is 4.79 Å². The zero-order valence-corrected chi connectivity index (χ0v) is 12.0. The molecule has 0 aliphatic rings. The van der Waals surface area contributed by atoms with Crippen LogP contribution in [0.15, 0.2) is 18.2 Å². The zero-order chi connectivity index (χ0) is 14.0. The van der Waals surface area contributed by atoms with E-state index in [1.807, 2.05) is 13.8 Å². The summed E-state index contributed by atoms with van der Waals surface area (Å²) in [4.78, 5) is 12.7. The number of para-hydroxylation sites is 1. The summed E-state index contributed by atoms with van der Waals surface area (Å²) in [5.74, 6) is -0.165. The third-order valence-corrected chi connectivity index (χ3v) is 3.61. The van der Waals surface area contributed by atoms with Crippen LogP contribution in [0.1, 0.15) is 35.1 Å². The molecule has 1 aromatic carbocycles. The first-order valence-electron chi connectivity index (χ1n) is 5.68. The average Bonchev–Trinajstić information content (AvgIpc) is 2.83. The molecular weight excluding hydrogens is 284 g/mol. The number of nitrogens with one attached hydrogen (secondary N) is 1. The molecule has 0 aliphatic heterocycles. The van der Waals surface area contributed by atoms with Gasteiger partial charge in [0.05, 0.1) is 22.1 Å². The molecule has 0 spiro atoms. The number of halogens is 1. The Morgan fingerprint density at radius 3 is 2.84 bits per heavy atom. The average molecular weight is 297 g/mol. The Hall–Kier alpha value is -1.66. The van der Waals surface area contributed by atoms with Gasteiger partial charge in [-0.25, -0.2) is 0 Å². The Morgan fingerprint density at radius 1 is 1.47 bits per heavy atom. The van der Waals surface area contributed by atoms with Gasteiger partial charge >= 0.3 is 0 Å². The number of hydrogen-bond acceptors (Lipinski definition) is 5. The van der Waals surface area contributed by atoms with Crippen LogP contribution >= 0.6 is 23.1 Å². The highest BCUT2D eigenvalue weighted by atomic mass is 35.5. The molecule has 0 radical (unpaired) electrons. The van der Waals surface area contributed by atoms with E-state index in [9.17, 15) is 4.79 Å². The molecule has 0 atom stereocenters. The van der Waals surface area contributed by atoms with E-state index in [1.165, 1.54) is 0 Å². The van der Waals surface area contributed by atoms with Gasteiger partial charge in [-0.2, -0.15) is 0 Å². The van der Waals surface area contributed by atoms with Crippen molar-refractivity contribution in [1.82, 2.24) is 9.59 Å². The van der Waals surface area contributed by atoms with Gasteiger partial charge in [0.1, 0.15) is 4.88 Å². The standard InChI is InChI=1S/C12H13ClN4OS/c1-6(2)9-11(19-17-16-9)12(18)15-10-7(13)4-3-5-8(10)14/h3-6H,14H2,1-2H3,(H,15,18). The van der Waals surface area contributed by atoms with Gasteiger partial charge in [-0.15, -0.1) is 5.10 Å². The van der Waals surface area contributed by atoms with Gasteiger partial charge in [-0.05, 0) is 29.6 Å². The topological polar surface area (TPSA) is 80.9 Å². The minimum absolute atomic E-state index is 0.128. The Labute approximate surface area is 119 Å². The summed E-state index contributed by atoms with van der Waals surface area (Å²) < 4.78 is 3.82. The number of hydrogen-bond donors (Lipinski definition) is 2. The highest BCUT2D eigenvalue weighted by Gasteiger charge is 2.20. The molecule has 0 saturated heterocycles. The van der Waals surface area contributed by atoms with Gasteiger partial charge in [0.25, 0.3) is 5.91 Å². The van der Waals surface area contributed by atoms with Crippen LogP contribution in [-0.2, 0) is 0 Å². The summed E-state index contributed by atoms with van der Waals surface area (Å²) in [7, 11) is 0. The van der Waals surface area contributed by atoms with Crippen LogP contribution in [0.4, 0.5) is 11.4 Å². The molecule has 3 N–H and O–H groups in total. The quantitative estimate of drug-likeness (QED) is 0.853. The molecule has 19 heavy (non-hydrogen) atoms. The maximum Gasteiger partial charge on any atom is 0.269 e. The first-order valence-corrected chi connectivity index (χ1v) is 6.83. The van der Waals surface area contributed by atoms with Crippen molar-refractivity contribution in [2.24, 2.45) is 0 Å². The van der Waals surface area contributed by atoms with E-state index >= 15 is 0 Å². The first-order chi connectivity index (χ1) is 9.00. The van der Waals surface area contributed by atoms with Gasteiger partial charge < -0.3 is 11.1 Å². The van der Waals surface area contributed by atoms with Crippen molar-refractivity contribution in [1.29, 1.82) is 0 Å². The smallest absolute Gasteiger partial charge is 0.269 e. The molecule has 100 valence electrons. The second-order valence-electron chi connectivity index (χ2n) is 4.30. The van der Waals surface area contributed by atoms with Crippen molar-refractivity contribution in [3.63, 3.8) is 0 Å². The van der Waals surface area contributed by atoms with E-state index in [-0.39, 0.29) is 11.8 Å². The van der Waals surface area contributed by atoms with E-state index < -0.39 is 0 Å². The maximum absolute atomic E-state index is 12.2. The second kappa shape index (κ2) is 5.54. The lowest BCUT2D eigenvalue weighted by atomic mass is 10.1. The van der Waals surface area contributed by atoms with Crippen molar-refractivity contribution in [3.05, 3.63) is 33.8 Å². The Bertz CT molecular complexity index is 591. The van der Waals surface area contributed by atoms with E-state index in [4.69, 9.17) is 17.3 Å². The van der Waals surface area contributed by atoms with E-state index in [1.54, 1.807) is 18.2 Å². The lowest BCUT2D eigenvalue weighted by Crippen LogP contribution is -2.14. The molecule has 7 heteroatoms. The Morgan fingerprint density at radius 2 is 2.21 bits per heavy atom. The third-order valence-electron chi connectivity index (χ3n) is 2.55. The fourth-order valence-corrected chi connectivity index (χ4v) is 2.52. The number of nitrogen functional groups attached to an aromatic ring is 1. The summed E-state index contributed by atoms with van der Waals surface area (Å²) in [5.41, 5.74) is 7.30. The summed E-state index contributed by atoms with van der Waals surface area (Å²) in [6, 6.07) is 5.07. The summed E-state index contributed by atoms with van der Waals surface area (Å²) in [6.07, 6.45) is 0. The molecule has 0 unspecified atom stereocenters. The highest BCUT2D eigenvalue weighted by Crippen LogP contribution is 2.29. The largest absolute Gasteiger partial charge is 0.397 e. The van der Waals surface area contributed by atoms with Crippen molar-refractivity contribution in [2.45, 2.75) is 19.8 Å². The highest BCUT2D eigenvalue weighted by molar-refractivity contribution is 7.08. The summed E-state index contributed by atoms with van der Waals surface area (Å²) in [6.45, 7) is 3.91. The lowest BCUT2D eigenvalue weighted by Gasteiger charge is -2.10. The summed E-state index contributed by atoms with van der Waals surface area (Å²) in [5, 5.41) is 7.08.